The molecule has 0 bridgehead atoms. The largest absolute Gasteiger partial charge is 0.497 e. The Bertz CT molecular complexity index is 1240. The minimum absolute atomic E-state index is 0.0606. The van der Waals surface area contributed by atoms with Gasteiger partial charge in [-0.05, 0) is 42.2 Å². The first-order valence-corrected chi connectivity index (χ1v) is 12.9. The predicted molar refractivity (Wildman–Crippen MR) is 138 cm³/mol. The number of carbonyl (C=O) groups excluding carboxylic acids is 3. The zero-order valence-corrected chi connectivity index (χ0v) is 21.4. The molecule has 1 aromatic heterocycles. The Balaban J connectivity index is 1.24. The third-order valence-electron chi connectivity index (χ3n) is 6.07. The molecule has 2 aromatic carbocycles. The lowest BCUT2D eigenvalue weighted by Gasteiger charge is -2.31. The molecule has 0 spiro atoms. The van der Waals surface area contributed by atoms with Crippen molar-refractivity contribution in [2.75, 3.05) is 20.2 Å². The van der Waals surface area contributed by atoms with Gasteiger partial charge in [0.1, 0.15) is 11.4 Å². The van der Waals surface area contributed by atoms with E-state index in [4.69, 9.17) is 16.3 Å². The molecule has 8 nitrogen and oxygen atoms in total. The van der Waals surface area contributed by atoms with Crippen molar-refractivity contribution in [2.45, 2.75) is 31.6 Å². The number of methoxy groups -OCH3 is 1. The fourth-order valence-electron chi connectivity index (χ4n) is 4.07. The molecule has 2 N–H and O–H groups in total. The molecular weight excluding hydrogens is 500 g/mol. The summed E-state index contributed by atoms with van der Waals surface area (Å²) in [7, 11) is 1.56. The normalized spacial score (nSPS) is 13.8. The molecule has 3 aromatic rings. The molecule has 10 heteroatoms. The SMILES string of the molecule is COc1cccc(CC(=O)NNC(=O)c2csc(C3CCN(C(=O)Cc4ccccc4Cl)CC3)n2)c1. The first-order chi connectivity index (χ1) is 17.4. The molecule has 1 aliphatic heterocycles. The van der Waals surface area contributed by atoms with E-state index >= 15 is 0 Å². The second-order valence-corrected chi connectivity index (χ2v) is 9.82. The molecule has 4 rings (SSSR count). The van der Waals surface area contributed by atoms with Crippen molar-refractivity contribution in [2.24, 2.45) is 0 Å². The number of amides is 3. The van der Waals surface area contributed by atoms with Crippen molar-refractivity contribution in [1.82, 2.24) is 20.7 Å². The molecule has 2 heterocycles. The minimum atomic E-state index is -0.469. The summed E-state index contributed by atoms with van der Waals surface area (Å²) in [6.07, 6.45) is 1.95. The summed E-state index contributed by atoms with van der Waals surface area (Å²) in [4.78, 5) is 43.7. The summed E-state index contributed by atoms with van der Waals surface area (Å²) in [5.74, 6) is 0.0915. The third kappa shape index (κ3) is 6.61. The maximum absolute atomic E-state index is 12.7. The number of hydrogen-bond donors (Lipinski definition) is 2. The topological polar surface area (TPSA) is 101 Å². The number of thiazole rings is 1. The maximum Gasteiger partial charge on any atom is 0.289 e. The van der Waals surface area contributed by atoms with Gasteiger partial charge in [0.25, 0.3) is 5.91 Å². The zero-order valence-electron chi connectivity index (χ0n) is 19.8. The highest BCUT2D eigenvalue weighted by atomic mass is 35.5. The summed E-state index contributed by atoms with van der Waals surface area (Å²) >= 11 is 7.61. The monoisotopic (exact) mass is 526 g/mol. The molecule has 0 aliphatic carbocycles. The zero-order chi connectivity index (χ0) is 25.5. The van der Waals surface area contributed by atoms with Gasteiger partial charge in [0.2, 0.25) is 11.8 Å². The molecule has 188 valence electrons. The number of aromatic nitrogens is 1. The van der Waals surface area contributed by atoms with Gasteiger partial charge in [-0.15, -0.1) is 11.3 Å². The number of likely N-dealkylation sites (tertiary alicyclic amines) is 1. The second kappa shape index (κ2) is 12.0. The highest BCUT2D eigenvalue weighted by Crippen LogP contribution is 2.30. The molecule has 0 radical (unpaired) electrons. The van der Waals surface area contributed by atoms with E-state index in [1.54, 1.807) is 36.8 Å². The van der Waals surface area contributed by atoms with E-state index in [0.29, 0.717) is 23.9 Å². The Morgan fingerprint density at radius 3 is 2.61 bits per heavy atom. The number of carbonyl (C=O) groups is 3. The van der Waals surface area contributed by atoms with Crippen LogP contribution in [-0.2, 0) is 22.4 Å². The minimum Gasteiger partial charge on any atom is -0.497 e. The standard InChI is InChI=1S/C26H27ClN4O4S/c1-35-20-7-4-5-17(13-20)14-23(32)29-30-25(34)22-16-36-26(28-22)18-9-11-31(12-10-18)24(33)15-19-6-2-3-8-21(19)27/h2-8,13,16,18H,9-12,14-15H2,1H3,(H,29,32)(H,30,34). The average Bonchev–Trinajstić information content (AvgIpc) is 3.39. The van der Waals surface area contributed by atoms with Crippen LogP contribution in [0.25, 0.3) is 0 Å². The number of rotatable bonds is 7. The number of hydrazine groups is 1. The Hall–Kier alpha value is -3.43. The Labute approximate surface area is 218 Å². The quantitative estimate of drug-likeness (QED) is 0.457. The van der Waals surface area contributed by atoms with Gasteiger partial charge in [-0.3, -0.25) is 25.2 Å². The van der Waals surface area contributed by atoms with Crippen molar-refractivity contribution in [3.8, 4) is 5.75 Å². The van der Waals surface area contributed by atoms with E-state index in [1.165, 1.54) is 11.3 Å². The molecule has 1 aliphatic rings. The number of ether oxygens (including phenoxy) is 1. The summed E-state index contributed by atoms with van der Waals surface area (Å²) in [5.41, 5.74) is 6.72. The third-order valence-corrected chi connectivity index (χ3v) is 7.44. The lowest BCUT2D eigenvalue weighted by molar-refractivity contribution is -0.131. The highest BCUT2D eigenvalue weighted by Gasteiger charge is 2.26. The van der Waals surface area contributed by atoms with Crippen LogP contribution in [0.15, 0.2) is 53.9 Å². The average molecular weight is 527 g/mol. The van der Waals surface area contributed by atoms with Crippen molar-refractivity contribution < 1.29 is 19.1 Å². The van der Waals surface area contributed by atoms with E-state index in [9.17, 15) is 14.4 Å². The Morgan fingerprint density at radius 1 is 1.08 bits per heavy atom. The molecule has 0 atom stereocenters. The van der Waals surface area contributed by atoms with Gasteiger partial charge in [0.15, 0.2) is 0 Å². The van der Waals surface area contributed by atoms with Crippen LogP contribution in [0.5, 0.6) is 5.75 Å². The molecular formula is C26H27ClN4O4S. The molecule has 3 amide bonds. The summed E-state index contributed by atoms with van der Waals surface area (Å²) < 4.78 is 5.16. The smallest absolute Gasteiger partial charge is 0.289 e. The highest BCUT2D eigenvalue weighted by molar-refractivity contribution is 7.09. The van der Waals surface area contributed by atoms with Gasteiger partial charge in [-0.25, -0.2) is 4.98 Å². The number of nitrogens with zero attached hydrogens (tertiary/aromatic N) is 2. The van der Waals surface area contributed by atoms with E-state index in [2.05, 4.69) is 15.8 Å². The van der Waals surface area contributed by atoms with Crippen molar-refractivity contribution in [1.29, 1.82) is 0 Å². The van der Waals surface area contributed by atoms with Gasteiger partial charge in [-0.1, -0.05) is 41.9 Å². The van der Waals surface area contributed by atoms with Crippen LogP contribution in [0.4, 0.5) is 0 Å². The molecule has 36 heavy (non-hydrogen) atoms. The Kier molecular flexibility index (Phi) is 8.56. The summed E-state index contributed by atoms with van der Waals surface area (Å²) in [5, 5.41) is 3.15. The van der Waals surface area contributed by atoms with Crippen LogP contribution in [-0.4, -0.2) is 47.8 Å². The lowest BCUT2D eigenvalue weighted by atomic mass is 9.97. The summed E-state index contributed by atoms with van der Waals surface area (Å²) in [6.45, 7) is 1.27. The molecule has 1 saturated heterocycles. The first kappa shape index (κ1) is 25.7. The van der Waals surface area contributed by atoms with Crippen LogP contribution in [0.3, 0.4) is 0 Å². The van der Waals surface area contributed by atoms with Crippen LogP contribution < -0.4 is 15.6 Å². The van der Waals surface area contributed by atoms with E-state index < -0.39 is 5.91 Å². The number of piperidine rings is 1. The van der Waals surface area contributed by atoms with Gasteiger partial charge in [0, 0.05) is 29.4 Å². The molecule has 0 saturated carbocycles. The number of benzene rings is 2. The van der Waals surface area contributed by atoms with Crippen molar-refractivity contribution in [3.63, 3.8) is 0 Å². The number of halogens is 1. The first-order valence-electron chi connectivity index (χ1n) is 11.6. The van der Waals surface area contributed by atoms with Crippen molar-refractivity contribution >= 4 is 40.7 Å². The maximum atomic E-state index is 12.7. The summed E-state index contributed by atoms with van der Waals surface area (Å²) in [6, 6.07) is 14.6. The second-order valence-electron chi connectivity index (χ2n) is 8.52. The van der Waals surface area contributed by atoms with Crippen LogP contribution in [0, 0.1) is 0 Å². The fourth-order valence-corrected chi connectivity index (χ4v) is 5.25. The van der Waals surface area contributed by atoms with E-state index in [1.807, 2.05) is 29.2 Å². The van der Waals surface area contributed by atoms with Crippen molar-refractivity contribution in [3.05, 3.63) is 80.8 Å². The number of nitrogens with one attached hydrogen (secondary N) is 2. The van der Waals surface area contributed by atoms with Crippen LogP contribution in [0.2, 0.25) is 5.02 Å². The van der Waals surface area contributed by atoms with Crippen LogP contribution in [0.1, 0.15) is 45.4 Å². The van der Waals surface area contributed by atoms with E-state index in [-0.39, 0.29) is 36.3 Å². The molecule has 0 unspecified atom stereocenters. The molecule has 1 fully saturated rings. The predicted octanol–water partition coefficient (Wildman–Crippen LogP) is 3.76. The fraction of sp³-hybridized carbons (Fsp3) is 0.308. The number of hydrogen-bond acceptors (Lipinski definition) is 6. The van der Waals surface area contributed by atoms with Gasteiger partial charge < -0.3 is 9.64 Å². The van der Waals surface area contributed by atoms with E-state index in [0.717, 1.165) is 29.0 Å². The van der Waals surface area contributed by atoms with Gasteiger partial charge in [-0.2, -0.15) is 0 Å². The van der Waals surface area contributed by atoms with Gasteiger partial charge >= 0.3 is 0 Å². The Morgan fingerprint density at radius 2 is 1.86 bits per heavy atom. The lowest BCUT2D eigenvalue weighted by Crippen LogP contribution is -2.42. The van der Waals surface area contributed by atoms with Gasteiger partial charge in [0.05, 0.1) is 25.0 Å². The van der Waals surface area contributed by atoms with Crippen LogP contribution >= 0.6 is 22.9 Å².